The lowest BCUT2D eigenvalue weighted by Crippen LogP contribution is -2.30. The summed E-state index contributed by atoms with van der Waals surface area (Å²) in [6.45, 7) is 7.86. The van der Waals surface area contributed by atoms with Crippen LogP contribution in [0.4, 0.5) is 0 Å². The van der Waals surface area contributed by atoms with Crippen LogP contribution in [0.2, 0.25) is 0 Å². The van der Waals surface area contributed by atoms with Gasteiger partial charge in [0.05, 0.1) is 12.2 Å². The molecular weight excluding hydrogens is 152 g/mol. The van der Waals surface area contributed by atoms with Crippen LogP contribution in [0.3, 0.4) is 0 Å². The lowest BCUT2D eigenvalue weighted by atomic mass is 9.84. The maximum absolute atomic E-state index is 9.93. The molecule has 0 aromatic heterocycles. The summed E-state index contributed by atoms with van der Waals surface area (Å²) in [5.41, 5.74) is -0.203. The van der Waals surface area contributed by atoms with Gasteiger partial charge in [-0.1, -0.05) is 20.8 Å². The fraction of sp³-hybridized carbons (Fsp3) is 1.00. The van der Waals surface area contributed by atoms with Crippen LogP contribution in [0.25, 0.3) is 0 Å². The van der Waals surface area contributed by atoms with Crippen molar-refractivity contribution in [1.82, 2.24) is 0 Å². The molecule has 0 aromatic rings. The molecule has 1 heterocycles. The molecule has 1 rings (SSSR count). The van der Waals surface area contributed by atoms with E-state index in [9.17, 15) is 5.11 Å². The summed E-state index contributed by atoms with van der Waals surface area (Å²) < 4.78 is 5.18. The molecule has 2 heteroatoms. The number of aliphatic hydroxyl groups is 1. The van der Waals surface area contributed by atoms with Crippen molar-refractivity contribution in [2.75, 3.05) is 13.2 Å². The summed E-state index contributed by atoms with van der Waals surface area (Å²) in [6.07, 6.45) is 2.74. The standard InChI is InChI=1S/C10H20O2/c1-9(2,3)4-5-10(11)6-7-12-8-10/h11H,4-8H2,1-3H3. The minimum Gasteiger partial charge on any atom is -0.387 e. The summed E-state index contributed by atoms with van der Waals surface area (Å²) in [5.74, 6) is 0. The summed E-state index contributed by atoms with van der Waals surface area (Å²) in [4.78, 5) is 0. The minimum atomic E-state index is -0.521. The second-order valence-corrected chi connectivity index (χ2v) is 5.09. The van der Waals surface area contributed by atoms with Crippen molar-refractivity contribution < 1.29 is 9.84 Å². The Kier molecular flexibility index (Phi) is 2.79. The van der Waals surface area contributed by atoms with Crippen LogP contribution in [0, 0.1) is 5.41 Å². The number of rotatable bonds is 2. The molecule has 1 saturated heterocycles. The molecule has 72 valence electrons. The van der Waals surface area contributed by atoms with Gasteiger partial charge in [-0.15, -0.1) is 0 Å². The first-order valence-corrected chi connectivity index (χ1v) is 4.72. The Morgan fingerprint density at radius 1 is 1.42 bits per heavy atom. The lowest BCUT2D eigenvalue weighted by molar-refractivity contribution is 0.0105. The Balaban J connectivity index is 2.30. The van der Waals surface area contributed by atoms with Crippen molar-refractivity contribution in [2.45, 2.75) is 45.6 Å². The predicted octanol–water partition coefficient (Wildman–Crippen LogP) is 1.96. The van der Waals surface area contributed by atoms with E-state index >= 15 is 0 Å². The maximum Gasteiger partial charge on any atom is 0.0902 e. The van der Waals surface area contributed by atoms with E-state index in [0.29, 0.717) is 12.0 Å². The molecule has 0 saturated carbocycles. The van der Waals surface area contributed by atoms with Gasteiger partial charge in [0.1, 0.15) is 0 Å². The van der Waals surface area contributed by atoms with E-state index in [0.717, 1.165) is 25.9 Å². The Bertz CT molecular complexity index is 140. The van der Waals surface area contributed by atoms with Crippen LogP contribution in [0.1, 0.15) is 40.0 Å². The molecule has 1 atom stereocenters. The third-order valence-corrected chi connectivity index (χ3v) is 2.42. The zero-order chi connectivity index (χ0) is 9.24. The summed E-state index contributed by atoms with van der Waals surface area (Å²) in [7, 11) is 0. The van der Waals surface area contributed by atoms with Gasteiger partial charge in [-0.05, 0) is 18.3 Å². The summed E-state index contributed by atoms with van der Waals surface area (Å²) in [5, 5.41) is 9.93. The van der Waals surface area contributed by atoms with Crippen LogP contribution in [0.5, 0.6) is 0 Å². The fourth-order valence-electron chi connectivity index (χ4n) is 1.40. The van der Waals surface area contributed by atoms with Crippen molar-refractivity contribution in [3.63, 3.8) is 0 Å². The molecule has 1 N–H and O–H groups in total. The van der Waals surface area contributed by atoms with Gasteiger partial charge in [-0.25, -0.2) is 0 Å². The highest BCUT2D eigenvalue weighted by Gasteiger charge is 2.32. The van der Waals surface area contributed by atoms with E-state index in [-0.39, 0.29) is 0 Å². The number of hydrogen-bond acceptors (Lipinski definition) is 2. The third-order valence-electron chi connectivity index (χ3n) is 2.42. The normalized spacial score (nSPS) is 31.0. The van der Waals surface area contributed by atoms with Gasteiger partial charge in [-0.2, -0.15) is 0 Å². The van der Waals surface area contributed by atoms with Gasteiger partial charge in [0.2, 0.25) is 0 Å². The average molecular weight is 172 g/mol. The first-order valence-electron chi connectivity index (χ1n) is 4.72. The molecule has 0 aliphatic carbocycles. The van der Waals surface area contributed by atoms with Gasteiger partial charge in [0.25, 0.3) is 0 Å². The molecule has 1 aliphatic heterocycles. The minimum absolute atomic E-state index is 0.318. The molecule has 0 radical (unpaired) electrons. The molecule has 2 nitrogen and oxygen atoms in total. The van der Waals surface area contributed by atoms with Crippen LogP contribution in [-0.2, 0) is 4.74 Å². The van der Waals surface area contributed by atoms with Crippen LogP contribution < -0.4 is 0 Å². The molecular formula is C10H20O2. The first kappa shape index (κ1) is 10.0. The van der Waals surface area contributed by atoms with E-state index in [4.69, 9.17) is 4.74 Å². The van der Waals surface area contributed by atoms with E-state index in [1.54, 1.807) is 0 Å². The highest BCUT2D eigenvalue weighted by atomic mass is 16.5. The Morgan fingerprint density at radius 2 is 2.08 bits per heavy atom. The molecule has 0 bridgehead atoms. The van der Waals surface area contributed by atoms with Crippen molar-refractivity contribution in [3.8, 4) is 0 Å². The van der Waals surface area contributed by atoms with Gasteiger partial charge in [0, 0.05) is 13.0 Å². The van der Waals surface area contributed by atoms with Gasteiger partial charge in [0.15, 0.2) is 0 Å². The van der Waals surface area contributed by atoms with Gasteiger partial charge < -0.3 is 9.84 Å². The Morgan fingerprint density at radius 3 is 2.50 bits per heavy atom. The second-order valence-electron chi connectivity index (χ2n) is 5.09. The molecule has 1 aliphatic rings. The Hall–Kier alpha value is -0.0800. The van der Waals surface area contributed by atoms with Crippen LogP contribution >= 0.6 is 0 Å². The topological polar surface area (TPSA) is 29.5 Å². The molecule has 12 heavy (non-hydrogen) atoms. The SMILES string of the molecule is CC(C)(C)CCC1(O)CCOC1. The smallest absolute Gasteiger partial charge is 0.0902 e. The van der Waals surface area contributed by atoms with Crippen molar-refractivity contribution in [1.29, 1.82) is 0 Å². The molecule has 1 fully saturated rings. The third kappa shape index (κ3) is 3.11. The van der Waals surface area contributed by atoms with Gasteiger partial charge >= 0.3 is 0 Å². The van der Waals surface area contributed by atoms with Crippen molar-refractivity contribution in [3.05, 3.63) is 0 Å². The fourth-order valence-corrected chi connectivity index (χ4v) is 1.40. The van der Waals surface area contributed by atoms with Gasteiger partial charge in [-0.3, -0.25) is 0 Å². The van der Waals surface area contributed by atoms with E-state index in [1.807, 2.05) is 0 Å². The average Bonchev–Trinajstić information content (AvgIpc) is 2.32. The van der Waals surface area contributed by atoms with Crippen molar-refractivity contribution in [2.24, 2.45) is 5.41 Å². The lowest BCUT2D eigenvalue weighted by Gasteiger charge is -2.25. The maximum atomic E-state index is 9.93. The summed E-state index contributed by atoms with van der Waals surface area (Å²) in [6, 6.07) is 0. The largest absolute Gasteiger partial charge is 0.387 e. The Labute approximate surface area is 74.9 Å². The highest BCUT2D eigenvalue weighted by Crippen LogP contribution is 2.30. The predicted molar refractivity (Wildman–Crippen MR) is 49.1 cm³/mol. The molecule has 0 spiro atoms. The quantitative estimate of drug-likeness (QED) is 0.690. The number of ether oxygens (including phenoxy) is 1. The molecule has 1 unspecified atom stereocenters. The zero-order valence-electron chi connectivity index (χ0n) is 8.39. The van der Waals surface area contributed by atoms with Crippen molar-refractivity contribution >= 4 is 0 Å². The van der Waals surface area contributed by atoms with Crippen LogP contribution in [-0.4, -0.2) is 23.9 Å². The van der Waals surface area contributed by atoms with E-state index < -0.39 is 5.60 Å². The van der Waals surface area contributed by atoms with Crippen LogP contribution in [0.15, 0.2) is 0 Å². The molecule has 0 amide bonds. The number of hydrogen-bond donors (Lipinski definition) is 1. The summed E-state index contributed by atoms with van der Waals surface area (Å²) >= 11 is 0. The second kappa shape index (κ2) is 3.35. The highest BCUT2D eigenvalue weighted by molar-refractivity contribution is 4.83. The van der Waals surface area contributed by atoms with E-state index in [2.05, 4.69) is 20.8 Å². The first-order chi connectivity index (χ1) is 5.41. The van der Waals surface area contributed by atoms with E-state index in [1.165, 1.54) is 0 Å². The monoisotopic (exact) mass is 172 g/mol. The molecule has 0 aromatic carbocycles. The zero-order valence-corrected chi connectivity index (χ0v) is 8.39.